The number of amides is 2. The Kier molecular flexibility index (Phi) is 6.07. The molecule has 0 unspecified atom stereocenters. The predicted octanol–water partition coefficient (Wildman–Crippen LogP) is 2.06. The molecule has 122 valence electrons. The first kappa shape index (κ1) is 16.6. The van der Waals surface area contributed by atoms with Gasteiger partial charge in [-0.15, -0.1) is 0 Å². The van der Waals surface area contributed by atoms with E-state index in [1.54, 1.807) is 7.05 Å². The molecular formula is C17H27N3O2. The molecule has 1 saturated heterocycles. The number of rotatable bonds is 5. The lowest BCUT2D eigenvalue weighted by Gasteiger charge is -2.32. The number of carbonyl (C=O) groups is 1. The van der Waals surface area contributed by atoms with Gasteiger partial charge in [0.1, 0.15) is 0 Å². The van der Waals surface area contributed by atoms with Gasteiger partial charge < -0.3 is 20.2 Å². The number of aliphatic hydroxyl groups is 1. The molecule has 0 aromatic heterocycles. The number of piperidine rings is 1. The van der Waals surface area contributed by atoms with Gasteiger partial charge in [0.15, 0.2) is 0 Å². The fraction of sp³-hybridized carbons (Fsp3) is 0.588. The topological polar surface area (TPSA) is 55.8 Å². The molecule has 5 nitrogen and oxygen atoms in total. The number of aliphatic hydroxyl groups excluding tert-OH is 1. The first-order valence-corrected chi connectivity index (χ1v) is 8.04. The first-order chi connectivity index (χ1) is 10.6. The van der Waals surface area contributed by atoms with Crippen molar-refractivity contribution in [3.8, 4) is 0 Å². The Balaban J connectivity index is 1.83. The van der Waals surface area contributed by atoms with Gasteiger partial charge in [-0.1, -0.05) is 19.1 Å². The highest BCUT2D eigenvalue weighted by Gasteiger charge is 2.15. The summed E-state index contributed by atoms with van der Waals surface area (Å²) in [5.74, 6) is 0.835. The normalized spacial score (nSPS) is 15.7. The molecular weight excluding hydrogens is 278 g/mol. The molecule has 5 heteroatoms. The Morgan fingerprint density at radius 2 is 1.95 bits per heavy atom. The third-order valence-corrected chi connectivity index (χ3v) is 4.31. The van der Waals surface area contributed by atoms with E-state index in [4.69, 9.17) is 5.11 Å². The van der Waals surface area contributed by atoms with Gasteiger partial charge >= 0.3 is 6.03 Å². The zero-order valence-corrected chi connectivity index (χ0v) is 13.6. The van der Waals surface area contributed by atoms with E-state index >= 15 is 0 Å². The maximum Gasteiger partial charge on any atom is 0.317 e. The van der Waals surface area contributed by atoms with Crippen LogP contribution in [-0.4, -0.2) is 49.3 Å². The van der Waals surface area contributed by atoms with Crippen molar-refractivity contribution in [3.05, 3.63) is 29.8 Å². The highest BCUT2D eigenvalue weighted by molar-refractivity contribution is 5.73. The number of likely N-dealkylation sites (N-methyl/N-ethyl adjacent to an activating group) is 1. The SMILES string of the molecule is CC1CCN(c2ccc(CNC(=O)N(C)CCO)cc2)CC1. The number of nitrogens with zero attached hydrogens (tertiary/aromatic N) is 2. The van der Waals surface area contributed by atoms with E-state index in [2.05, 4.69) is 41.4 Å². The quantitative estimate of drug-likeness (QED) is 0.875. The summed E-state index contributed by atoms with van der Waals surface area (Å²) in [6.45, 7) is 5.40. The second-order valence-corrected chi connectivity index (χ2v) is 6.14. The molecule has 22 heavy (non-hydrogen) atoms. The number of anilines is 1. The number of hydrogen-bond acceptors (Lipinski definition) is 3. The van der Waals surface area contributed by atoms with Crippen molar-refractivity contribution in [3.63, 3.8) is 0 Å². The van der Waals surface area contributed by atoms with Crippen LogP contribution in [0, 0.1) is 5.92 Å². The average molecular weight is 305 g/mol. The maximum absolute atomic E-state index is 11.7. The van der Waals surface area contributed by atoms with E-state index in [-0.39, 0.29) is 12.6 Å². The third kappa shape index (κ3) is 4.63. The number of urea groups is 1. The van der Waals surface area contributed by atoms with Crippen molar-refractivity contribution < 1.29 is 9.90 Å². The van der Waals surface area contributed by atoms with Gasteiger partial charge in [0.2, 0.25) is 0 Å². The Morgan fingerprint density at radius 1 is 1.32 bits per heavy atom. The second-order valence-electron chi connectivity index (χ2n) is 6.14. The fourth-order valence-electron chi connectivity index (χ4n) is 2.66. The summed E-state index contributed by atoms with van der Waals surface area (Å²) in [5, 5.41) is 11.7. The Bertz CT molecular complexity index is 467. The predicted molar refractivity (Wildman–Crippen MR) is 89.0 cm³/mol. The molecule has 1 aromatic rings. The Morgan fingerprint density at radius 3 is 2.55 bits per heavy atom. The summed E-state index contributed by atoms with van der Waals surface area (Å²) in [6, 6.07) is 8.24. The van der Waals surface area contributed by atoms with Crippen molar-refractivity contribution in [1.82, 2.24) is 10.2 Å². The van der Waals surface area contributed by atoms with Gasteiger partial charge in [0, 0.05) is 38.9 Å². The van der Waals surface area contributed by atoms with Crippen LogP contribution in [0.4, 0.5) is 10.5 Å². The average Bonchev–Trinajstić information content (AvgIpc) is 2.54. The molecule has 0 bridgehead atoms. The van der Waals surface area contributed by atoms with Crippen LogP contribution in [0.3, 0.4) is 0 Å². The van der Waals surface area contributed by atoms with Crippen molar-refractivity contribution in [2.75, 3.05) is 38.2 Å². The van der Waals surface area contributed by atoms with Crippen molar-refractivity contribution >= 4 is 11.7 Å². The monoisotopic (exact) mass is 305 g/mol. The molecule has 0 radical (unpaired) electrons. The summed E-state index contributed by atoms with van der Waals surface area (Å²) in [5.41, 5.74) is 2.35. The van der Waals surface area contributed by atoms with Crippen LogP contribution >= 0.6 is 0 Å². The Labute approximate surface area is 132 Å². The van der Waals surface area contributed by atoms with E-state index in [0.29, 0.717) is 13.1 Å². The molecule has 1 fully saturated rings. The van der Waals surface area contributed by atoms with E-state index in [0.717, 1.165) is 24.6 Å². The minimum atomic E-state index is -0.164. The number of hydrogen-bond donors (Lipinski definition) is 2. The summed E-state index contributed by atoms with van der Waals surface area (Å²) in [4.78, 5) is 15.7. The van der Waals surface area contributed by atoms with Crippen LogP contribution < -0.4 is 10.2 Å². The summed E-state index contributed by atoms with van der Waals surface area (Å²) >= 11 is 0. The van der Waals surface area contributed by atoms with Gasteiger partial charge in [-0.25, -0.2) is 4.79 Å². The van der Waals surface area contributed by atoms with Gasteiger partial charge in [-0.05, 0) is 36.5 Å². The maximum atomic E-state index is 11.7. The van der Waals surface area contributed by atoms with Gasteiger partial charge in [0.05, 0.1) is 6.61 Å². The smallest absolute Gasteiger partial charge is 0.317 e. The van der Waals surface area contributed by atoms with E-state index in [1.807, 2.05) is 0 Å². The molecule has 0 atom stereocenters. The van der Waals surface area contributed by atoms with E-state index < -0.39 is 0 Å². The molecule has 1 aliphatic heterocycles. The highest BCUT2D eigenvalue weighted by atomic mass is 16.3. The third-order valence-electron chi connectivity index (χ3n) is 4.31. The Hall–Kier alpha value is -1.75. The number of benzene rings is 1. The van der Waals surface area contributed by atoms with Crippen LogP contribution in [0.1, 0.15) is 25.3 Å². The highest BCUT2D eigenvalue weighted by Crippen LogP contribution is 2.23. The van der Waals surface area contributed by atoms with Crippen molar-refractivity contribution in [2.24, 2.45) is 5.92 Å². The van der Waals surface area contributed by atoms with Gasteiger partial charge in [0.25, 0.3) is 0 Å². The van der Waals surface area contributed by atoms with Crippen LogP contribution in [0.15, 0.2) is 24.3 Å². The molecule has 1 aliphatic rings. The molecule has 1 aromatic carbocycles. The molecule has 0 aliphatic carbocycles. The summed E-state index contributed by atoms with van der Waals surface area (Å²) in [7, 11) is 1.67. The molecule has 2 N–H and O–H groups in total. The molecule has 2 rings (SSSR count). The minimum Gasteiger partial charge on any atom is -0.395 e. The zero-order chi connectivity index (χ0) is 15.9. The fourth-order valence-corrected chi connectivity index (χ4v) is 2.66. The van der Waals surface area contributed by atoms with Crippen LogP contribution in [0.2, 0.25) is 0 Å². The minimum absolute atomic E-state index is 0.0208. The standard InChI is InChI=1S/C17H27N3O2/c1-14-7-9-20(10-8-14)16-5-3-15(4-6-16)13-18-17(22)19(2)11-12-21/h3-6,14,21H,7-13H2,1-2H3,(H,18,22). The van der Waals surface area contributed by atoms with Crippen molar-refractivity contribution in [1.29, 1.82) is 0 Å². The van der Waals surface area contributed by atoms with Gasteiger partial charge in [-0.3, -0.25) is 0 Å². The van der Waals surface area contributed by atoms with Crippen LogP contribution in [0.25, 0.3) is 0 Å². The van der Waals surface area contributed by atoms with E-state index in [1.165, 1.54) is 23.4 Å². The molecule has 1 heterocycles. The lowest BCUT2D eigenvalue weighted by molar-refractivity contribution is 0.190. The van der Waals surface area contributed by atoms with Crippen LogP contribution in [-0.2, 0) is 6.54 Å². The van der Waals surface area contributed by atoms with Gasteiger partial charge in [-0.2, -0.15) is 0 Å². The largest absolute Gasteiger partial charge is 0.395 e. The number of carbonyl (C=O) groups excluding carboxylic acids is 1. The summed E-state index contributed by atoms with van der Waals surface area (Å²) in [6.07, 6.45) is 2.52. The second kappa shape index (κ2) is 8.03. The molecule has 0 spiro atoms. The first-order valence-electron chi connectivity index (χ1n) is 8.04. The van der Waals surface area contributed by atoms with Crippen molar-refractivity contribution in [2.45, 2.75) is 26.3 Å². The molecule has 0 saturated carbocycles. The summed E-state index contributed by atoms with van der Waals surface area (Å²) < 4.78 is 0. The number of nitrogens with one attached hydrogen (secondary N) is 1. The lowest BCUT2D eigenvalue weighted by Crippen LogP contribution is -2.38. The molecule has 2 amide bonds. The zero-order valence-electron chi connectivity index (χ0n) is 13.6. The van der Waals surface area contributed by atoms with Crippen LogP contribution in [0.5, 0.6) is 0 Å². The van der Waals surface area contributed by atoms with E-state index in [9.17, 15) is 4.79 Å². The lowest BCUT2D eigenvalue weighted by atomic mass is 9.99.